The normalized spacial score (nSPS) is 19.1. The quantitative estimate of drug-likeness (QED) is 0.0946. The first-order valence-electron chi connectivity index (χ1n) is 14.8. The van der Waals surface area contributed by atoms with Gasteiger partial charge in [-0.3, -0.25) is 10.2 Å². The van der Waals surface area contributed by atoms with Crippen LogP contribution >= 0.6 is 11.3 Å². The van der Waals surface area contributed by atoms with E-state index in [0.717, 1.165) is 42.3 Å². The van der Waals surface area contributed by atoms with Crippen LogP contribution in [-0.4, -0.2) is 17.6 Å². The van der Waals surface area contributed by atoms with Crippen LogP contribution in [0.3, 0.4) is 0 Å². The zero-order valence-electron chi connectivity index (χ0n) is 23.9. The number of hydrogen-bond acceptors (Lipinski definition) is 4. The Hall–Kier alpha value is -2.15. The highest BCUT2D eigenvalue weighted by Crippen LogP contribution is 2.49. The van der Waals surface area contributed by atoms with Crippen molar-refractivity contribution in [3.8, 4) is 5.00 Å². The minimum atomic E-state index is -0.480. The lowest BCUT2D eigenvalue weighted by molar-refractivity contribution is -0.123. The Morgan fingerprint density at radius 3 is 2.47 bits per heavy atom. The van der Waals surface area contributed by atoms with Gasteiger partial charge in [0, 0.05) is 17.4 Å². The monoisotopic (exact) mass is 537 g/mol. The smallest absolute Gasteiger partial charge is 0.241 e. The lowest BCUT2D eigenvalue weighted by atomic mass is 9.77. The molecule has 208 valence electrons. The van der Waals surface area contributed by atoms with Crippen molar-refractivity contribution in [1.29, 1.82) is 0 Å². The number of benzene rings is 1. The maximum absolute atomic E-state index is 13.0. The van der Waals surface area contributed by atoms with Crippen LogP contribution in [0.1, 0.15) is 119 Å². The van der Waals surface area contributed by atoms with E-state index in [2.05, 4.69) is 61.1 Å². The number of amides is 1. The first-order valence-corrected chi connectivity index (χ1v) is 15.6. The van der Waals surface area contributed by atoms with Crippen LogP contribution < -0.4 is 11.3 Å². The summed E-state index contributed by atoms with van der Waals surface area (Å²) in [6.45, 7) is 6.66. The van der Waals surface area contributed by atoms with Crippen molar-refractivity contribution >= 4 is 28.1 Å². The molecule has 0 spiro atoms. The second-order valence-electron chi connectivity index (χ2n) is 11.2. The third-order valence-electron chi connectivity index (χ3n) is 8.42. The van der Waals surface area contributed by atoms with Gasteiger partial charge in [-0.25, -0.2) is 5.84 Å². The number of thiophene rings is 1. The third kappa shape index (κ3) is 6.03. The average molecular weight is 538 g/mol. The van der Waals surface area contributed by atoms with E-state index < -0.39 is 5.60 Å². The van der Waals surface area contributed by atoms with Gasteiger partial charge in [-0.2, -0.15) is 0 Å². The summed E-state index contributed by atoms with van der Waals surface area (Å²) in [4.78, 5) is 14.4. The number of fused-ring (bicyclic) bond motifs is 3. The van der Waals surface area contributed by atoms with E-state index in [1.807, 2.05) is 11.3 Å². The number of unbranched alkanes of at least 4 members (excludes halogenated alkanes) is 7. The number of methoxy groups -OCH3 is 1. The first-order chi connectivity index (χ1) is 18.5. The van der Waals surface area contributed by atoms with E-state index >= 15 is 0 Å². The number of ether oxygens (including phenoxy) is 1. The van der Waals surface area contributed by atoms with Gasteiger partial charge in [0.15, 0.2) is 0 Å². The van der Waals surface area contributed by atoms with Gasteiger partial charge in [-0.15, -0.1) is 11.3 Å². The molecule has 0 saturated carbocycles. The van der Waals surface area contributed by atoms with Gasteiger partial charge in [0.05, 0.1) is 17.1 Å². The summed E-state index contributed by atoms with van der Waals surface area (Å²) in [6.07, 6.45) is 15.4. The average Bonchev–Trinajstić information content (AvgIpc) is 3.53. The lowest BCUT2D eigenvalue weighted by Crippen LogP contribution is -2.40. The number of nitrogens with zero attached hydrogens (tertiary/aromatic N) is 1. The zero-order chi connectivity index (χ0) is 27.1. The molecule has 0 aliphatic heterocycles. The predicted molar refractivity (Wildman–Crippen MR) is 160 cm³/mol. The Labute approximate surface area is 233 Å². The zero-order valence-corrected chi connectivity index (χ0v) is 24.7. The van der Waals surface area contributed by atoms with Gasteiger partial charge in [0.2, 0.25) is 5.91 Å². The summed E-state index contributed by atoms with van der Waals surface area (Å²) in [6, 6.07) is 11.4. The van der Waals surface area contributed by atoms with Crippen LogP contribution in [-0.2, 0) is 28.0 Å². The third-order valence-corrected chi connectivity index (χ3v) is 9.55. The number of aryl methyl sites for hydroxylation is 2. The van der Waals surface area contributed by atoms with Crippen LogP contribution in [0.4, 0.5) is 0 Å². The summed E-state index contributed by atoms with van der Waals surface area (Å²) in [5.74, 6) is 5.26. The van der Waals surface area contributed by atoms with Crippen molar-refractivity contribution in [2.75, 3.05) is 7.11 Å². The molecule has 6 heteroatoms. The van der Waals surface area contributed by atoms with Crippen LogP contribution in [0.2, 0.25) is 0 Å². The number of hydrazine groups is 1. The van der Waals surface area contributed by atoms with Crippen LogP contribution in [0.5, 0.6) is 0 Å². The van der Waals surface area contributed by atoms with Gasteiger partial charge in [-0.1, -0.05) is 77.3 Å². The molecule has 2 unspecified atom stereocenters. The molecule has 0 bridgehead atoms. The Balaban J connectivity index is 1.72. The van der Waals surface area contributed by atoms with E-state index in [4.69, 9.17) is 10.6 Å². The van der Waals surface area contributed by atoms with Crippen molar-refractivity contribution in [3.63, 3.8) is 0 Å². The van der Waals surface area contributed by atoms with E-state index in [-0.39, 0.29) is 11.8 Å². The molecule has 1 aliphatic rings. The minimum absolute atomic E-state index is 0.121. The number of rotatable bonds is 14. The van der Waals surface area contributed by atoms with E-state index in [0.29, 0.717) is 6.42 Å². The molecule has 2 atom stereocenters. The number of nitrogens with one attached hydrogen (secondary N) is 1. The fourth-order valence-electron chi connectivity index (χ4n) is 6.19. The van der Waals surface area contributed by atoms with Crippen molar-refractivity contribution in [1.82, 2.24) is 9.99 Å². The molecule has 5 nitrogen and oxygen atoms in total. The fraction of sp³-hybridized carbons (Fsp3) is 0.594. The van der Waals surface area contributed by atoms with E-state index in [1.165, 1.54) is 72.3 Å². The van der Waals surface area contributed by atoms with Crippen molar-refractivity contribution in [2.24, 2.45) is 5.84 Å². The maximum atomic E-state index is 13.0. The highest BCUT2D eigenvalue weighted by atomic mass is 32.1. The molecule has 1 amide bonds. The number of hydrogen-bond donors (Lipinski definition) is 2. The number of carbonyl (C=O) groups excluding carboxylic acids is 1. The predicted octanol–water partition coefficient (Wildman–Crippen LogP) is 8.06. The van der Waals surface area contributed by atoms with E-state index in [9.17, 15) is 4.79 Å². The molecule has 3 aromatic rings. The molecule has 2 heterocycles. The Morgan fingerprint density at radius 2 is 1.79 bits per heavy atom. The van der Waals surface area contributed by atoms with Crippen LogP contribution in [0.25, 0.3) is 15.9 Å². The molecule has 38 heavy (non-hydrogen) atoms. The highest BCUT2D eigenvalue weighted by molar-refractivity contribution is 7.14. The molecule has 2 aromatic heterocycles. The summed E-state index contributed by atoms with van der Waals surface area (Å²) in [5, 5.41) is 2.34. The number of carbonyl (C=O) groups is 1. The summed E-state index contributed by atoms with van der Waals surface area (Å²) >= 11 is 1.85. The Morgan fingerprint density at radius 1 is 1.05 bits per heavy atom. The van der Waals surface area contributed by atoms with Gasteiger partial charge in [0.25, 0.3) is 0 Å². The molecular weight excluding hydrogens is 490 g/mol. The molecule has 1 aliphatic carbocycles. The second-order valence-corrected chi connectivity index (χ2v) is 12.3. The highest BCUT2D eigenvalue weighted by Gasteiger charge is 2.44. The molecule has 4 rings (SSSR count). The minimum Gasteiger partial charge on any atom is -0.372 e. The number of nitrogens with two attached hydrogens (primary N) is 1. The molecule has 0 radical (unpaired) electrons. The van der Waals surface area contributed by atoms with Crippen molar-refractivity contribution in [3.05, 3.63) is 52.0 Å². The standard InChI is InChI=1S/C32H47N3O2S/c1-5-7-8-9-10-11-12-13-15-23-16-18-25-27(22-23)35(28-19-17-24(38-28)14-6-2)30-29(25)26(31(36)34-33)20-21-32(30,3)37-4/h16-19,22,26H,5-15,20-21,33H2,1-4H3,(H,34,36). The lowest BCUT2D eigenvalue weighted by Gasteiger charge is -2.37. The van der Waals surface area contributed by atoms with Gasteiger partial charge in [-0.05, 0) is 68.4 Å². The van der Waals surface area contributed by atoms with Crippen molar-refractivity contribution in [2.45, 2.75) is 116 Å². The summed E-state index contributed by atoms with van der Waals surface area (Å²) < 4.78 is 8.58. The van der Waals surface area contributed by atoms with E-state index in [1.54, 1.807) is 7.11 Å². The van der Waals surface area contributed by atoms with Crippen molar-refractivity contribution < 1.29 is 9.53 Å². The van der Waals surface area contributed by atoms with Crippen LogP contribution in [0.15, 0.2) is 30.3 Å². The summed E-state index contributed by atoms with van der Waals surface area (Å²) in [5.41, 5.74) is 6.67. The molecular formula is C32H47N3O2S. The molecule has 1 aromatic carbocycles. The van der Waals surface area contributed by atoms with Gasteiger partial charge >= 0.3 is 0 Å². The first kappa shape index (κ1) is 28.8. The second kappa shape index (κ2) is 13.3. The Kier molecular flexibility index (Phi) is 10.1. The topological polar surface area (TPSA) is 69.3 Å². The fourth-order valence-corrected chi connectivity index (χ4v) is 7.32. The molecule has 0 fully saturated rings. The van der Waals surface area contributed by atoms with Gasteiger partial charge in [0.1, 0.15) is 10.6 Å². The summed E-state index contributed by atoms with van der Waals surface area (Å²) in [7, 11) is 1.79. The Bertz CT molecular complexity index is 1210. The van der Waals surface area contributed by atoms with Gasteiger partial charge < -0.3 is 9.30 Å². The van der Waals surface area contributed by atoms with Crippen LogP contribution in [0, 0.1) is 0 Å². The molecule has 3 N–H and O–H groups in total. The maximum Gasteiger partial charge on any atom is 0.241 e. The largest absolute Gasteiger partial charge is 0.372 e. The molecule has 0 saturated heterocycles. The number of aromatic nitrogens is 1. The SMILES string of the molecule is CCCCCCCCCCc1ccc2c3c(n(-c4ccc(CCC)s4)c2c1)C(C)(OC)CCC3C(=O)NN.